The van der Waals surface area contributed by atoms with Crippen molar-refractivity contribution in [2.45, 2.75) is 0 Å². The number of hydrogen-bond acceptors (Lipinski definition) is 8. The highest BCUT2D eigenvalue weighted by molar-refractivity contribution is 6.39. The number of allylic oxidation sites excluding steroid dienone is 1. The molecule has 4 rings (SSSR count). The lowest BCUT2D eigenvalue weighted by Gasteiger charge is -2.27. The lowest BCUT2D eigenvalue weighted by molar-refractivity contribution is -0.136. The Kier molecular flexibility index (Phi) is 9.15. The van der Waals surface area contributed by atoms with Crippen molar-refractivity contribution in [3.8, 4) is 0 Å². The summed E-state index contributed by atoms with van der Waals surface area (Å²) in [5, 5.41) is 8.48. The summed E-state index contributed by atoms with van der Waals surface area (Å²) >= 11 is 0. The van der Waals surface area contributed by atoms with E-state index in [-0.39, 0.29) is 5.78 Å². The van der Waals surface area contributed by atoms with Gasteiger partial charge in [0.2, 0.25) is 0 Å². The molecule has 2 fully saturated rings. The van der Waals surface area contributed by atoms with Crippen molar-refractivity contribution < 1.29 is 19.1 Å². The van der Waals surface area contributed by atoms with E-state index in [1.165, 1.54) is 6.08 Å². The van der Waals surface area contributed by atoms with Crippen molar-refractivity contribution in [3.05, 3.63) is 59.8 Å². The largest absolute Gasteiger partial charge is 0.378 e. The molecule has 2 saturated heterocycles. The van der Waals surface area contributed by atoms with Crippen molar-refractivity contribution in [1.82, 2.24) is 20.5 Å². The van der Waals surface area contributed by atoms with Gasteiger partial charge >= 0.3 is 11.8 Å². The van der Waals surface area contributed by atoms with Crippen LogP contribution in [0, 0.1) is 0 Å². The second kappa shape index (κ2) is 12.9. The van der Waals surface area contributed by atoms with Crippen LogP contribution in [0.25, 0.3) is 6.08 Å². The Morgan fingerprint density at radius 1 is 0.972 bits per heavy atom. The van der Waals surface area contributed by atoms with Gasteiger partial charge in [0.1, 0.15) is 5.82 Å². The summed E-state index contributed by atoms with van der Waals surface area (Å²) in [6.07, 6.45) is 3.16. The van der Waals surface area contributed by atoms with Crippen LogP contribution in [0.4, 0.5) is 11.5 Å². The fraction of sp³-hybridized carbons (Fsp3) is 0.385. The number of nitrogens with zero attached hydrogens (tertiary/aromatic N) is 3. The Morgan fingerprint density at radius 3 is 2.47 bits per heavy atom. The van der Waals surface area contributed by atoms with Gasteiger partial charge in [-0.3, -0.25) is 19.3 Å². The number of anilines is 2. The van der Waals surface area contributed by atoms with Gasteiger partial charge in [-0.25, -0.2) is 4.98 Å². The second-order valence-corrected chi connectivity index (χ2v) is 8.60. The molecule has 10 heteroatoms. The minimum absolute atomic E-state index is 0.183. The molecule has 1 aromatic carbocycles. The van der Waals surface area contributed by atoms with Crippen LogP contribution in [0.3, 0.4) is 0 Å². The van der Waals surface area contributed by atoms with Crippen LogP contribution < -0.4 is 20.9 Å². The number of nitrogens with one attached hydrogen (secondary N) is 3. The zero-order valence-electron chi connectivity index (χ0n) is 20.2. The van der Waals surface area contributed by atoms with E-state index in [4.69, 9.17) is 4.74 Å². The second-order valence-electron chi connectivity index (χ2n) is 8.60. The number of hydrogen-bond donors (Lipinski definition) is 3. The van der Waals surface area contributed by atoms with E-state index in [9.17, 15) is 14.4 Å². The number of rotatable bonds is 8. The first-order valence-electron chi connectivity index (χ1n) is 12.2. The zero-order chi connectivity index (χ0) is 25.2. The quantitative estimate of drug-likeness (QED) is 0.281. The fourth-order valence-electron chi connectivity index (χ4n) is 4.01. The highest BCUT2D eigenvalue weighted by atomic mass is 16.5. The Balaban J connectivity index is 1.25. The van der Waals surface area contributed by atoms with Crippen LogP contribution in [-0.4, -0.2) is 93.1 Å². The monoisotopic (exact) mass is 492 g/mol. The third kappa shape index (κ3) is 7.45. The van der Waals surface area contributed by atoms with Crippen LogP contribution in [0.15, 0.2) is 48.5 Å². The molecule has 0 saturated carbocycles. The van der Waals surface area contributed by atoms with Crippen molar-refractivity contribution >= 4 is 35.2 Å². The SMILES string of the molecule is O=C(NCCN1CCNCC1)C(=O)Nc1ccc(C(=O)C=Cc2cccc(N3CCOCC3)n2)cc1. The summed E-state index contributed by atoms with van der Waals surface area (Å²) in [7, 11) is 0. The molecule has 2 aliphatic rings. The summed E-state index contributed by atoms with van der Waals surface area (Å²) in [6.45, 7) is 7.79. The van der Waals surface area contributed by atoms with Crippen LogP contribution in [-0.2, 0) is 14.3 Å². The van der Waals surface area contributed by atoms with Crippen molar-refractivity contribution in [2.75, 3.05) is 75.8 Å². The Labute approximate surface area is 210 Å². The summed E-state index contributed by atoms with van der Waals surface area (Å²) < 4.78 is 5.38. The van der Waals surface area contributed by atoms with Gasteiger partial charge in [-0.05, 0) is 48.6 Å². The van der Waals surface area contributed by atoms with Gasteiger partial charge in [-0.2, -0.15) is 0 Å². The Bertz CT molecular complexity index is 1080. The average molecular weight is 493 g/mol. The fourth-order valence-corrected chi connectivity index (χ4v) is 4.01. The Hall–Kier alpha value is -3.60. The van der Waals surface area contributed by atoms with Gasteiger partial charge in [0, 0.05) is 63.6 Å². The molecule has 3 N–H and O–H groups in total. The highest BCUT2D eigenvalue weighted by Crippen LogP contribution is 2.15. The van der Waals surface area contributed by atoms with Gasteiger partial charge < -0.3 is 25.6 Å². The molecule has 190 valence electrons. The number of morpholine rings is 1. The molecular formula is C26H32N6O4. The number of piperazine rings is 1. The van der Waals surface area contributed by atoms with Crippen molar-refractivity contribution in [1.29, 1.82) is 0 Å². The normalized spacial score (nSPS) is 16.6. The summed E-state index contributed by atoms with van der Waals surface area (Å²) in [5.41, 5.74) is 1.60. The van der Waals surface area contributed by atoms with Crippen LogP contribution in [0.1, 0.15) is 16.1 Å². The van der Waals surface area contributed by atoms with E-state index >= 15 is 0 Å². The predicted molar refractivity (Wildman–Crippen MR) is 138 cm³/mol. The number of ether oxygens (including phenoxy) is 1. The maximum absolute atomic E-state index is 12.6. The third-order valence-electron chi connectivity index (χ3n) is 6.05. The molecule has 36 heavy (non-hydrogen) atoms. The number of amides is 2. The molecule has 0 radical (unpaired) electrons. The van der Waals surface area contributed by atoms with E-state index in [2.05, 4.69) is 30.7 Å². The molecule has 0 spiro atoms. The Morgan fingerprint density at radius 2 is 1.72 bits per heavy atom. The third-order valence-corrected chi connectivity index (χ3v) is 6.05. The summed E-state index contributed by atoms with van der Waals surface area (Å²) in [5.74, 6) is -0.738. The molecule has 0 bridgehead atoms. The first-order chi connectivity index (χ1) is 17.6. The van der Waals surface area contributed by atoms with E-state index in [1.54, 1.807) is 30.3 Å². The molecule has 10 nitrogen and oxygen atoms in total. The number of pyridine rings is 1. The lowest BCUT2D eigenvalue weighted by Crippen LogP contribution is -2.47. The topological polar surface area (TPSA) is 116 Å². The number of carbonyl (C=O) groups excluding carboxylic acids is 3. The molecule has 3 heterocycles. The minimum atomic E-state index is -0.736. The lowest BCUT2D eigenvalue weighted by atomic mass is 10.1. The molecule has 2 aromatic rings. The predicted octanol–water partition coefficient (Wildman–Crippen LogP) is 0.774. The smallest absolute Gasteiger partial charge is 0.313 e. The van der Waals surface area contributed by atoms with E-state index in [0.29, 0.717) is 43.2 Å². The zero-order valence-corrected chi connectivity index (χ0v) is 20.2. The van der Waals surface area contributed by atoms with Gasteiger partial charge in [0.15, 0.2) is 5.78 Å². The van der Waals surface area contributed by atoms with Gasteiger partial charge in [0.25, 0.3) is 0 Å². The number of ketones is 1. The van der Waals surface area contributed by atoms with Crippen LogP contribution in [0.5, 0.6) is 0 Å². The first kappa shape index (κ1) is 25.5. The summed E-state index contributed by atoms with van der Waals surface area (Å²) in [6, 6.07) is 12.1. The molecular weight excluding hydrogens is 460 g/mol. The molecule has 0 unspecified atom stereocenters. The van der Waals surface area contributed by atoms with Gasteiger partial charge in [-0.15, -0.1) is 0 Å². The summed E-state index contributed by atoms with van der Waals surface area (Å²) in [4.78, 5) is 45.8. The maximum atomic E-state index is 12.6. The standard InChI is InChI=1S/C26H32N6O4/c33-23(9-8-21-2-1-3-24(29-21)32-16-18-36-19-17-32)20-4-6-22(7-5-20)30-26(35)25(34)28-12-15-31-13-10-27-11-14-31/h1-9,27H,10-19H2,(H,28,34)(H,30,35). The number of benzene rings is 1. The molecule has 1 aromatic heterocycles. The molecule has 2 amide bonds. The minimum Gasteiger partial charge on any atom is -0.378 e. The van der Waals surface area contributed by atoms with E-state index in [1.807, 2.05) is 18.2 Å². The highest BCUT2D eigenvalue weighted by Gasteiger charge is 2.15. The molecule has 2 aliphatic heterocycles. The molecule has 0 aliphatic carbocycles. The average Bonchev–Trinajstić information content (AvgIpc) is 2.93. The van der Waals surface area contributed by atoms with Gasteiger partial charge in [-0.1, -0.05) is 6.07 Å². The van der Waals surface area contributed by atoms with Crippen molar-refractivity contribution in [3.63, 3.8) is 0 Å². The number of aromatic nitrogens is 1. The molecule has 0 atom stereocenters. The van der Waals surface area contributed by atoms with Gasteiger partial charge in [0.05, 0.1) is 18.9 Å². The van der Waals surface area contributed by atoms with Crippen LogP contribution in [0.2, 0.25) is 0 Å². The maximum Gasteiger partial charge on any atom is 0.313 e. The van der Waals surface area contributed by atoms with E-state index in [0.717, 1.165) is 45.1 Å². The number of carbonyl (C=O) groups is 3. The van der Waals surface area contributed by atoms with Crippen LogP contribution >= 0.6 is 0 Å². The first-order valence-corrected chi connectivity index (χ1v) is 12.2. The van der Waals surface area contributed by atoms with Crippen molar-refractivity contribution in [2.24, 2.45) is 0 Å². The van der Waals surface area contributed by atoms with E-state index < -0.39 is 11.8 Å².